The Morgan fingerprint density at radius 3 is 2.64 bits per heavy atom. The highest BCUT2D eigenvalue weighted by atomic mass is 32.2. The summed E-state index contributed by atoms with van der Waals surface area (Å²) >= 11 is 1.17. The number of fused-ring (bicyclic) bond motifs is 1. The minimum Gasteiger partial charge on any atom is -0.455 e. The van der Waals surface area contributed by atoms with Gasteiger partial charge in [0, 0.05) is 23.6 Å². The average molecular weight is 404 g/mol. The zero-order valence-electron chi connectivity index (χ0n) is 14.6. The Kier molecular flexibility index (Phi) is 6.33. The summed E-state index contributed by atoms with van der Waals surface area (Å²) < 4.78 is 15.4. The lowest BCUT2D eigenvalue weighted by atomic mass is 10.2. The fourth-order valence-corrected chi connectivity index (χ4v) is 2.99. The predicted molar refractivity (Wildman–Crippen MR) is 99.2 cm³/mol. The van der Waals surface area contributed by atoms with E-state index in [0.717, 1.165) is 5.56 Å². The van der Waals surface area contributed by atoms with Gasteiger partial charge in [-0.1, -0.05) is 6.07 Å². The van der Waals surface area contributed by atoms with Gasteiger partial charge in [-0.3, -0.25) is 19.7 Å². The number of benzene rings is 2. The van der Waals surface area contributed by atoms with E-state index in [1.54, 1.807) is 30.3 Å². The van der Waals surface area contributed by atoms with Crippen LogP contribution in [0, 0.1) is 10.1 Å². The Labute approximate surface area is 164 Å². The molecule has 0 saturated carbocycles. The van der Waals surface area contributed by atoms with Gasteiger partial charge in [-0.05, 0) is 29.8 Å². The van der Waals surface area contributed by atoms with E-state index >= 15 is 0 Å². The summed E-state index contributed by atoms with van der Waals surface area (Å²) in [5.74, 6) is 0.302. The number of nitro groups is 1. The summed E-state index contributed by atoms with van der Waals surface area (Å²) in [4.78, 5) is 34.3. The van der Waals surface area contributed by atoms with Gasteiger partial charge < -0.3 is 19.5 Å². The number of nitro benzene ring substituents is 1. The van der Waals surface area contributed by atoms with Crippen molar-refractivity contribution in [3.63, 3.8) is 0 Å². The monoisotopic (exact) mass is 404 g/mol. The van der Waals surface area contributed by atoms with Crippen LogP contribution >= 0.6 is 11.8 Å². The molecule has 28 heavy (non-hydrogen) atoms. The molecular weight excluding hydrogens is 388 g/mol. The summed E-state index contributed by atoms with van der Waals surface area (Å²) in [6.07, 6.45) is 0. The van der Waals surface area contributed by atoms with Gasteiger partial charge in [-0.25, -0.2) is 0 Å². The molecule has 0 atom stereocenters. The number of carbonyl (C=O) groups excluding carboxylic acids is 2. The molecule has 0 aromatic heterocycles. The molecule has 1 N–H and O–H groups in total. The van der Waals surface area contributed by atoms with E-state index in [1.165, 1.54) is 23.9 Å². The Hall–Kier alpha value is -3.27. The lowest BCUT2D eigenvalue weighted by Gasteiger charge is -2.07. The van der Waals surface area contributed by atoms with Gasteiger partial charge in [0.2, 0.25) is 6.79 Å². The number of hydrogen-bond donors (Lipinski definition) is 1. The van der Waals surface area contributed by atoms with E-state index < -0.39 is 16.8 Å². The third kappa shape index (κ3) is 5.36. The van der Waals surface area contributed by atoms with Gasteiger partial charge in [-0.2, -0.15) is 0 Å². The highest BCUT2D eigenvalue weighted by Gasteiger charge is 2.14. The summed E-state index contributed by atoms with van der Waals surface area (Å²) in [7, 11) is 0. The minimum atomic E-state index is -0.554. The SMILES string of the molecule is O=C(COC(=O)CSc1ccc([N+](=O)[O-])cc1)NCc1ccc2c(c1)OCO2. The van der Waals surface area contributed by atoms with Gasteiger partial charge in [0.1, 0.15) is 0 Å². The van der Waals surface area contributed by atoms with Crippen LogP contribution in [0.4, 0.5) is 5.69 Å². The van der Waals surface area contributed by atoms with Crippen LogP contribution in [0.1, 0.15) is 5.56 Å². The van der Waals surface area contributed by atoms with Gasteiger partial charge in [0.25, 0.3) is 11.6 Å². The summed E-state index contributed by atoms with van der Waals surface area (Å²) in [6.45, 7) is 0.0633. The van der Waals surface area contributed by atoms with Crippen LogP contribution in [0.15, 0.2) is 47.4 Å². The van der Waals surface area contributed by atoms with Crippen molar-refractivity contribution in [2.75, 3.05) is 19.2 Å². The molecule has 0 bridgehead atoms. The first-order chi connectivity index (χ1) is 13.5. The van der Waals surface area contributed by atoms with Crippen LogP contribution in [0.25, 0.3) is 0 Å². The average Bonchev–Trinajstić information content (AvgIpc) is 3.17. The van der Waals surface area contributed by atoms with E-state index in [1.807, 2.05) is 0 Å². The molecule has 0 fully saturated rings. The summed E-state index contributed by atoms with van der Waals surface area (Å²) in [6, 6.07) is 11.2. The van der Waals surface area contributed by atoms with Crippen molar-refractivity contribution in [2.24, 2.45) is 0 Å². The molecule has 10 heteroatoms. The van der Waals surface area contributed by atoms with Crippen molar-refractivity contribution in [3.05, 3.63) is 58.1 Å². The predicted octanol–water partition coefficient (Wildman–Crippen LogP) is 2.28. The van der Waals surface area contributed by atoms with E-state index in [0.29, 0.717) is 16.4 Å². The molecule has 0 radical (unpaired) electrons. The zero-order chi connectivity index (χ0) is 19.9. The van der Waals surface area contributed by atoms with Crippen molar-refractivity contribution in [3.8, 4) is 11.5 Å². The Balaban J connectivity index is 1.35. The van der Waals surface area contributed by atoms with Gasteiger partial charge >= 0.3 is 5.97 Å². The van der Waals surface area contributed by atoms with E-state index in [9.17, 15) is 19.7 Å². The van der Waals surface area contributed by atoms with Crippen LogP contribution in [0.3, 0.4) is 0 Å². The number of esters is 1. The molecule has 0 aliphatic carbocycles. The number of carbonyl (C=O) groups is 2. The number of nitrogens with one attached hydrogen (secondary N) is 1. The fraction of sp³-hybridized carbons (Fsp3) is 0.222. The second-order valence-electron chi connectivity index (χ2n) is 5.66. The maximum absolute atomic E-state index is 11.8. The van der Waals surface area contributed by atoms with Gasteiger partial charge in [0.05, 0.1) is 10.7 Å². The molecule has 1 amide bonds. The lowest BCUT2D eigenvalue weighted by Crippen LogP contribution is -2.28. The second kappa shape index (κ2) is 9.09. The molecule has 0 spiro atoms. The lowest BCUT2D eigenvalue weighted by molar-refractivity contribution is -0.384. The minimum absolute atomic E-state index is 0.00669. The van der Waals surface area contributed by atoms with Crippen LogP contribution in [0.5, 0.6) is 11.5 Å². The standard InChI is InChI=1S/C18H16N2O7S/c21-17(19-8-12-1-6-15-16(7-12)27-11-26-15)9-25-18(22)10-28-14-4-2-13(3-5-14)20(23)24/h1-7H,8-11H2,(H,19,21). The normalized spacial score (nSPS) is 11.7. The van der Waals surface area contributed by atoms with Crippen molar-refractivity contribution in [1.29, 1.82) is 0 Å². The van der Waals surface area contributed by atoms with Crippen molar-refractivity contribution >= 4 is 29.3 Å². The van der Waals surface area contributed by atoms with Crippen molar-refractivity contribution in [1.82, 2.24) is 5.32 Å². The van der Waals surface area contributed by atoms with Crippen molar-refractivity contribution in [2.45, 2.75) is 11.4 Å². The van der Waals surface area contributed by atoms with Gasteiger partial charge in [0.15, 0.2) is 18.1 Å². The molecule has 2 aromatic carbocycles. The number of thioether (sulfide) groups is 1. The Morgan fingerprint density at radius 2 is 1.89 bits per heavy atom. The maximum atomic E-state index is 11.8. The van der Waals surface area contributed by atoms with E-state index in [2.05, 4.69) is 5.32 Å². The quantitative estimate of drug-likeness (QED) is 0.308. The summed E-state index contributed by atoms with van der Waals surface area (Å²) in [5.41, 5.74) is 0.809. The highest BCUT2D eigenvalue weighted by Crippen LogP contribution is 2.32. The number of nitrogens with zero attached hydrogens (tertiary/aromatic N) is 1. The van der Waals surface area contributed by atoms with Crippen LogP contribution in [-0.4, -0.2) is 36.0 Å². The number of non-ortho nitro benzene ring substituents is 1. The van der Waals surface area contributed by atoms with Crippen LogP contribution < -0.4 is 14.8 Å². The molecular formula is C18H16N2O7S. The molecule has 2 aromatic rings. The van der Waals surface area contributed by atoms with E-state index in [-0.39, 0.29) is 31.4 Å². The molecule has 1 aliphatic heterocycles. The molecule has 1 aliphatic rings. The number of hydrogen-bond acceptors (Lipinski definition) is 8. The number of ether oxygens (including phenoxy) is 3. The second-order valence-corrected chi connectivity index (χ2v) is 6.71. The Morgan fingerprint density at radius 1 is 1.14 bits per heavy atom. The number of rotatable bonds is 8. The first kappa shape index (κ1) is 19.5. The molecule has 146 valence electrons. The summed E-state index contributed by atoms with van der Waals surface area (Å²) in [5, 5.41) is 13.2. The third-order valence-electron chi connectivity index (χ3n) is 3.70. The zero-order valence-corrected chi connectivity index (χ0v) is 15.4. The third-order valence-corrected chi connectivity index (χ3v) is 4.68. The van der Waals surface area contributed by atoms with Crippen LogP contribution in [-0.2, 0) is 20.9 Å². The smallest absolute Gasteiger partial charge is 0.316 e. The van der Waals surface area contributed by atoms with Gasteiger partial charge in [-0.15, -0.1) is 11.8 Å². The fourth-order valence-electron chi connectivity index (χ4n) is 2.30. The highest BCUT2D eigenvalue weighted by molar-refractivity contribution is 8.00. The Bertz CT molecular complexity index is 886. The van der Waals surface area contributed by atoms with Crippen molar-refractivity contribution < 1.29 is 28.7 Å². The molecule has 0 saturated heterocycles. The first-order valence-corrected chi connectivity index (χ1v) is 9.18. The maximum Gasteiger partial charge on any atom is 0.316 e. The largest absolute Gasteiger partial charge is 0.455 e. The van der Waals surface area contributed by atoms with Crippen LogP contribution in [0.2, 0.25) is 0 Å². The first-order valence-electron chi connectivity index (χ1n) is 8.19. The number of amides is 1. The molecule has 9 nitrogen and oxygen atoms in total. The molecule has 3 rings (SSSR count). The topological polar surface area (TPSA) is 117 Å². The molecule has 0 unspecified atom stereocenters. The molecule has 1 heterocycles. The van der Waals surface area contributed by atoms with E-state index in [4.69, 9.17) is 14.2 Å².